The van der Waals surface area contributed by atoms with Crippen molar-refractivity contribution in [1.82, 2.24) is 10.6 Å². The number of Topliss-reactive ketones (excluding diaryl/α,β-unsaturated/α-hetero) is 2. The van der Waals surface area contributed by atoms with Gasteiger partial charge in [0, 0.05) is 19.4 Å². The standard InChI is InChI=1S/C31H40N2O8/c1-21(32-28(35)19-40-15-14-38-3)27(34)18-24(16-23-10-12-25(39-4)13-11-23)30(37)33-26(29(36)31(2)20-41-31)17-22-8-6-5-7-9-22/h5-13,21,24,26H,14-20H2,1-4H3,(H,32,35)(H,33,37)/t21-,24+,26-,31+/m0/s1. The Morgan fingerprint density at radius 2 is 1.59 bits per heavy atom. The third-order valence-electron chi connectivity index (χ3n) is 7.00. The zero-order valence-corrected chi connectivity index (χ0v) is 24.1. The molecule has 4 atom stereocenters. The lowest BCUT2D eigenvalue weighted by atomic mass is 9.89. The van der Waals surface area contributed by atoms with Gasteiger partial charge in [0.25, 0.3) is 0 Å². The zero-order chi connectivity index (χ0) is 29.8. The molecule has 2 amide bonds. The van der Waals surface area contributed by atoms with Gasteiger partial charge in [0.05, 0.1) is 39.0 Å². The lowest BCUT2D eigenvalue weighted by molar-refractivity contribution is -0.135. The van der Waals surface area contributed by atoms with Crippen molar-refractivity contribution in [2.24, 2.45) is 5.92 Å². The fourth-order valence-corrected chi connectivity index (χ4v) is 4.36. The highest BCUT2D eigenvalue weighted by Gasteiger charge is 2.50. The van der Waals surface area contributed by atoms with E-state index in [1.165, 1.54) is 7.11 Å². The number of benzene rings is 2. The third kappa shape index (κ3) is 10.1. The molecule has 1 saturated heterocycles. The molecule has 0 saturated carbocycles. The maximum absolute atomic E-state index is 13.7. The van der Waals surface area contributed by atoms with Crippen molar-refractivity contribution in [2.75, 3.05) is 40.6 Å². The first-order valence-electron chi connectivity index (χ1n) is 13.7. The Hall–Kier alpha value is -3.60. The number of carbonyl (C=O) groups is 4. The van der Waals surface area contributed by atoms with Crippen LogP contribution in [0.25, 0.3) is 0 Å². The lowest BCUT2D eigenvalue weighted by Crippen LogP contribution is -2.50. The summed E-state index contributed by atoms with van der Waals surface area (Å²) in [6, 6.07) is 15.0. The molecular weight excluding hydrogens is 528 g/mol. The van der Waals surface area contributed by atoms with Gasteiger partial charge in [-0.2, -0.15) is 0 Å². The summed E-state index contributed by atoms with van der Waals surface area (Å²) in [4.78, 5) is 52.4. The number of epoxide rings is 1. The van der Waals surface area contributed by atoms with Gasteiger partial charge in [-0.3, -0.25) is 19.2 Å². The van der Waals surface area contributed by atoms with E-state index in [4.69, 9.17) is 18.9 Å². The Balaban J connectivity index is 1.73. The molecule has 2 N–H and O–H groups in total. The number of rotatable bonds is 18. The van der Waals surface area contributed by atoms with Crippen LogP contribution >= 0.6 is 0 Å². The van der Waals surface area contributed by atoms with E-state index in [0.717, 1.165) is 11.1 Å². The number of carbonyl (C=O) groups excluding carboxylic acids is 4. The second kappa shape index (κ2) is 15.4. The predicted octanol–water partition coefficient (Wildman–Crippen LogP) is 2.07. The molecular formula is C31H40N2O8. The van der Waals surface area contributed by atoms with Gasteiger partial charge in [-0.15, -0.1) is 0 Å². The topological polar surface area (TPSA) is 133 Å². The SMILES string of the molecule is COCCOCC(=O)N[C@@H](C)C(=O)C[C@@H](Cc1ccc(OC)cc1)C(=O)N[C@@H](Cc1ccccc1)C(=O)[C@@]1(C)CO1. The van der Waals surface area contributed by atoms with Gasteiger partial charge < -0.3 is 29.6 Å². The molecule has 1 aliphatic heterocycles. The fourth-order valence-electron chi connectivity index (χ4n) is 4.36. The van der Waals surface area contributed by atoms with Gasteiger partial charge in [0.2, 0.25) is 11.8 Å². The molecule has 2 aromatic rings. The lowest BCUT2D eigenvalue weighted by Gasteiger charge is -2.24. The molecule has 1 fully saturated rings. The van der Waals surface area contributed by atoms with E-state index in [1.807, 2.05) is 42.5 Å². The maximum atomic E-state index is 13.7. The molecule has 3 rings (SSSR count). The summed E-state index contributed by atoms with van der Waals surface area (Å²) >= 11 is 0. The van der Waals surface area contributed by atoms with Gasteiger partial charge in [-0.1, -0.05) is 42.5 Å². The van der Waals surface area contributed by atoms with E-state index in [1.54, 1.807) is 33.1 Å². The minimum absolute atomic E-state index is 0.135. The smallest absolute Gasteiger partial charge is 0.246 e. The van der Waals surface area contributed by atoms with E-state index in [0.29, 0.717) is 25.4 Å². The predicted molar refractivity (Wildman–Crippen MR) is 152 cm³/mol. The van der Waals surface area contributed by atoms with E-state index in [9.17, 15) is 19.2 Å². The summed E-state index contributed by atoms with van der Waals surface area (Å²) in [6.07, 6.45) is 0.412. The Morgan fingerprint density at radius 1 is 0.927 bits per heavy atom. The molecule has 0 aromatic heterocycles. The molecule has 0 aliphatic carbocycles. The van der Waals surface area contributed by atoms with E-state index >= 15 is 0 Å². The van der Waals surface area contributed by atoms with Crippen molar-refractivity contribution in [3.05, 3.63) is 65.7 Å². The quantitative estimate of drug-likeness (QED) is 0.206. The van der Waals surface area contributed by atoms with Crippen LogP contribution < -0.4 is 15.4 Å². The minimum atomic E-state index is -0.932. The number of nitrogens with one attached hydrogen (secondary N) is 2. The Labute approximate surface area is 241 Å². The molecule has 10 heteroatoms. The summed E-state index contributed by atoms with van der Waals surface area (Å²) in [7, 11) is 3.10. The molecule has 0 radical (unpaired) electrons. The number of hydrogen-bond acceptors (Lipinski definition) is 8. The molecule has 2 aromatic carbocycles. The second-order valence-electron chi connectivity index (χ2n) is 10.4. The van der Waals surface area contributed by atoms with Crippen LogP contribution in [0.1, 0.15) is 31.4 Å². The number of amides is 2. The van der Waals surface area contributed by atoms with E-state index in [2.05, 4.69) is 10.6 Å². The largest absolute Gasteiger partial charge is 0.497 e. The Bertz CT molecular complexity index is 1160. The first-order chi connectivity index (χ1) is 19.6. The van der Waals surface area contributed by atoms with Crippen LogP contribution in [0.15, 0.2) is 54.6 Å². The zero-order valence-electron chi connectivity index (χ0n) is 24.1. The van der Waals surface area contributed by atoms with Crippen LogP contribution in [-0.2, 0) is 46.2 Å². The number of methoxy groups -OCH3 is 2. The fraction of sp³-hybridized carbons (Fsp3) is 0.484. The van der Waals surface area contributed by atoms with Gasteiger partial charge in [-0.05, 0) is 49.9 Å². The average Bonchev–Trinajstić information content (AvgIpc) is 3.73. The van der Waals surface area contributed by atoms with Crippen LogP contribution in [0.2, 0.25) is 0 Å². The van der Waals surface area contributed by atoms with Crippen molar-refractivity contribution in [1.29, 1.82) is 0 Å². The monoisotopic (exact) mass is 568 g/mol. The summed E-state index contributed by atoms with van der Waals surface area (Å²) in [6.45, 7) is 3.98. The third-order valence-corrected chi connectivity index (χ3v) is 7.00. The van der Waals surface area contributed by atoms with Crippen LogP contribution in [0.5, 0.6) is 5.75 Å². The summed E-state index contributed by atoms with van der Waals surface area (Å²) in [5.74, 6) is -1.50. The van der Waals surface area contributed by atoms with Crippen LogP contribution in [0.3, 0.4) is 0 Å². The molecule has 10 nitrogen and oxygen atoms in total. The van der Waals surface area contributed by atoms with Crippen LogP contribution in [0.4, 0.5) is 0 Å². The summed E-state index contributed by atoms with van der Waals surface area (Å²) in [5.41, 5.74) is 0.783. The van der Waals surface area contributed by atoms with Crippen molar-refractivity contribution in [2.45, 2.75) is 50.8 Å². The number of ether oxygens (including phenoxy) is 4. The molecule has 1 aliphatic rings. The second-order valence-corrected chi connectivity index (χ2v) is 10.4. The molecule has 0 spiro atoms. The van der Waals surface area contributed by atoms with E-state index < -0.39 is 35.4 Å². The van der Waals surface area contributed by atoms with Gasteiger partial charge in [0.15, 0.2) is 11.6 Å². The first kappa shape index (κ1) is 31.9. The van der Waals surface area contributed by atoms with Gasteiger partial charge >= 0.3 is 0 Å². The highest BCUT2D eigenvalue weighted by atomic mass is 16.6. The minimum Gasteiger partial charge on any atom is -0.497 e. The first-order valence-corrected chi connectivity index (χ1v) is 13.7. The van der Waals surface area contributed by atoms with Gasteiger partial charge in [-0.25, -0.2) is 0 Å². The van der Waals surface area contributed by atoms with Crippen LogP contribution in [0, 0.1) is 5.92 Å². The molecule has 41 heavy (non-hydrogen) atoms. The number of ketones is 2. The van der Waals surface area contributed by atoms with Gasteiger partial charge in [0.1, 0.15) is 18.0 Å². The summed E-state index contributed by atoms with van der Waals surface area (Å²) in [5, 5.41) is 5.54. The van der Waals surface area contributed by atoms with Crippen molar-refractivity contribution < 1.29 is 38.1 Å². The molecule has 0 unspecified atom stereocenters. The summed E-state index contributed by atoms with van der Waals surface area (Å²) < 4.78 is 20.7. The molecule has 0 bridgehead atoms. The number of hydrogen-bond donors (Lipinski definition) is 2. The van der Waals surface area contributed by atoms with Crippen molar-refractivity contribution in [3.8, 4) is 5.75 Å². The molecule has 222 valence electrons. The highest BCUT2D eigenvalue weighted by Crippen LogP contribution is 2.29. The average molecular weight is 569 g/mol. The maximum Gasteiger partial charge on any atom is 0.246 e. The highest BCUT2D eigenvalue weighted by molar-refractivity contribution is 5.98. The van der Waals surface area contributed by atoms with Crippen molar-refractivity contribution in [3.63, 3.8) is 0 Å². The Morgan fingerprint density at radius 3 is 2.20 bits per heavy atom. The Kier molecular flexibility index (Phi) is 12.0. The van der Waals surface area contributed by atoms with Crippen molar-refractivity contribution >= 4 is 23.4 Å². The molecule has 1 heterocycles. The van der Waals surface area contributed by atoms with E-state index in [-0.39, 0.29) is 37.6 Å². The van der Waals surface area contributed by atoms with Crippen LogP contribution in [-0.4, -0.2) is 81.7 Å². The normalized spacial score (nSPS) is 18.0.